The number of hydrogen-bond donors (Lipinski definition) is 2. The molecule has 2 unspecified atom stereocenters. The van der Waals surface area contributed by atoms with Crippen LogP contribution in [0.5, 0.6) is 5.75 Å². The molecule has 2 rings (SSSR count). The summed E-state index contributed by atoms with van der Waals surface area (Å²) >= 11 is 0. The molecular formula is C16H26N2O2. The molecule has 1 fully saturated rings. The van der Waals surface area contributed by atoms with Crippen molar-refractivity contribution in [2.24, 2.45) is 0 Å². The Balaban J connectivity index is 1.81. The summed E-state index contributed by atoms with van der Waals surface area (Å²) in [6.45, 7) is 7.68. The van der Waals surface area contributed by atoms with Crippen LogP contribution in [0.3, 0.4) is 0 Å². The van der Waals surface area contributed by atoms with E-state index in [1.54, 1.807) is 0 Å². The molecule has 1 aliphatic heterocycles. The first-order chi connectivity index (χ1) is 9.78. The van der Waals surface area contributed by atoms with Gasteiger partial charge in [0, 0.05) is 30.4 Å². The van der Waals surface area contributed by atoms with Crippen LogP contribution in [0.1, 0.15) is 26.7 Å². The fourth-order valence-electron chi connectivity index (χ4n) is 2.44. The normalized spacial score (nSPS) is 20.4. The van der Waals surface area contributed by atoms with Crippen LogP contribution in [0.2, 0.25) is 0 Å². The maximum absolute atomic E-state index is 5.66. The highest BCUT2D eigenvalue weighted by Crippen LogP contribution is 2.19. The number of rotatable bonds is 7. The van der Waals surface area contributed by atoms with Gasteiger partial charge in [-0.2, -0.15) is 0 Å². The van der Waals surface area contributed by atoms with Crippen LogP contribution in [-0.4, -0.2) is 38.4 Å². The molecule has 1 aliphatic rings. The molecule has 1 aromatic carbocycles. The largest absolute Gasteiger partial charge is 0.494 e. The van der Waals surface area contributed by atoms with Crippen molar-refractivity contribution in [2.45, 2.75) is 38.8 Å². The Bertz CT molecular complexity index is 392. The van der Waals surface area contributed by atoms with E-state index in [2.05, 4.69) is 36.6 Å². The summed E-state index contributed by atoms with van der Waals surface area (Å²) in [5, 5.41) is 7.02. The lowest BCUT2D eigenvalue weighted by molar-refractivity contribution is 0.0731. The molecular weight excluding hydrogens is 252 g/mol. The molecule has 0 aliphatic carbocycles. The van der Waals surface area contributed by atoms with Crippen molar-refractivity contribution in [1.29, 1.82) is 0 Å². The van der Waals surface area contributed by atoms with Crippen LogP contribution in [0.15, 0.2) is 24.3 Å². The minimum atomic E-state index is 0.399. The van der Waals surface area contributed by atoms with Gasteiger partial charge in [0.05, 0.1) is 19.8 Å². The highest BCUT2D eigenvalue weighted by molar-refractivity contribution is 5.48. The summed E-state index contributed by atoms with van der Waals surface area (Å²) in [6.07, 6.45) is 2.08. The molecule has 1 saturated heterocycles. The molecule has 112 valence electrons. The maximum atomic E-state index is 5.66. The van der Waals surface area contributed by atoms with Crippen molar-refractivity contribution < 1.29 is 9.47 Å². The molecule has 4 heteroatoms. The van der Waals surface area contributed by atoms with Gasteiger partial charge in [0.1, 0.15) is 5.75 Å². The van der Waals surface area contributed by atoms with Gasteiger partial charge in [-0.1, -0.05) is 13.0 Å². The second kappa shape index (κ2) is 8.12. The Morgan fingerprint density at radius 2 is 2.40 bits per heavy atom. The van der Waals surface area contributed by atoms with Gasteiger partial charge >= 0.3 is 0 Å². The highest BCUT2D eigenvalue weighted by Gasteiger charge is 2.16. The van der Waals surface area contributed by atoms with Crippen molar-refractivity contribution in [3.63, 3.8) is 0 Å². The van der Waals surface area contributed by atoms with Crippen molar-refractivity contribution >= 4 is 5.69 Å². The lowest BCUT2D eigenvalue weighted by Crippen LogP contribution is -2.43. The number of hydrogen-bond acceptors (Lipinski definition) is 4. The molecule has 2 atom stereocenters. The molecule has 0 aromatic heterocycles. The van der Waals surface area contributed by atoms with E-state index in [1.807, 2.05) is 12.1 Å². The van der Waals surface area contributed by atoms with Gasteiger partial charge < -0.3 is 20.1 Å². The zero-order valence-electron chi connectivity index (χ0n) is 12.5. The topological polar surface area (TPSA) is 42.5 Å². The van der Waals surface area contributed by atoms with Gasteiger partial charge in [-0.15, -0.1) is 0 Å². The quantitative estimate of drug-likeness (QED) is 0.804. The summed E-state index contributed by atoms with van der Waals surface area (Å²) in [7, 11) is 0. The van der Waals surface area contributed by atoms with Gasteiger partial charge in [-0.3, -0.25) is 0 Å². The summed E-state index contributed by atoms with van der Waals surface area (Å²) in [4.78, 5) is 0. The minimum Gasteiger partial charge on any atom is -0.494 e. The van der Waals surface area contributed by atoms with E-state index in [9.17, 15) is 0 Å². The van der Waals surface area contributed by atoms with Crippen molar-refractivity contribution in [3.8, 4) is 5.75 Å². The van der Waals surface area contributed by atoms with Crippen LogP contribution in [-0.2, 0) is 4.74 Å². The number of anilines is 1. The first kappa shape index (κ1) is 15.1. The van der Waals surface area contributed by atoms with Gasteiger partial charge in [-0.05, 0) is 31.9 Å². The Labute approximate surface area is 121 Å². The smallest absolute Gasteiger partial charge is 0.121 e. The van der Waals surface area contributed by atoms with E-state index in [4.69, 9.17) is 9.47 Å². The summed E-state index contributed by atoms with van der Waals surface area (Å²) < 4.78 is 11.1. The van der Waals surface area contributed by atoms with Crippen molar-refractivity contribution in [1.82, 2.24) is 5.32 Å². The Hall–Kier alpha value is -1.26. The second-order valence-electron chi connectivity index (χ2n) is 5.38. The summed E-state index contributed by atoms with van der Waals surface area (Å²) in [5.41, 5.74) is 1.11. The van der Waals surface area contributed by atoms with Gasteiger partial charge in [0.25, 0.3) is 0 Å². The molecule has 1 heterocycles. The van der Waals surface area contributed by atoms with E-state index >= 15 is 0 Å². The van der Waals surface area contributed by atoms with Crippen LogP contribution in [0.25, 0.3) is 0 Å². The van der Waals surface area contributed by atoms with Crippen LogP contribution in [0, 0.1) is 0 Å². The number of nitrogens with one attached hydrogen (secondary N) is 2. The zero-order valence-corrected chi connectivity index (χ0v) is 12.5. The first-order valence-corrected chi connectivity index (χ1v) is 7.58. The highest BCUT2D eigenvalue weighted by atomic mass is 16.5. The van der Waals surface area contributed by atoms with Gasteiger partial charge in [0.15, 0.2) is 0 Å². The molecule has 2 N–H and O–H groups in total. The number of ether oxygens (including phenoxy) is 2. The average Bonchev–Trinajstić information content (AvgIpc) is 2.46. The SMILES string of the molecule is CCCOc1cccc(NC(C)CC2COCCN2)c1. The fourth-order valence-corrected chi connectivity index (χ4v) is 2.44. The molecule has 0 saturated carbocycles. The number of morpholine rings is 1. The average molecular weight is 278 g/mol. The molecule has 0 radical (unpaired) electrons. The predicted octanol–water partition coefficient (Wildman–Crippen LogP) is 2.65. The molecule has 1 aromatic rings. The molecule has 0 amide bonds. The molecule has 0 bridgehead atoms. The lowest BCUT2D eigenvalue weighted by Gasteiger charge is -2.27. The zero-order chi connectivity index (χ0) is 14.2. The maximum Gasteiger partial charge on any atom is 0.121 e. The lowest BCUT2D eigenvalue weighted by atomic mass is 10.1. The summed E-state index contributed by atoms with van der Waals surface area (Å²) in [6, 6.07) is 9.03. The van der Waals surface area contributed by atoms with Crippen LogP contribution < -0.4 is 15.4 Å². The second-order valence-corrected chi connectivity index (χ2v) is 5.38. The predicted molar refractivity (Wildman–Crippen MR) is 82.5 cm³/mol. The minimum absolute atomic E-state index is 0.399. The molecule has 20 heavy (non-hydrogen) atoms. The third-order valence-corrected chi connectivity index (χ3v) is 3.36. The van der Waals surface area contributed by atoms with Crippen LogP contribution >= 0.6 is 0 Å². The van der Waals surface area contributed by atoms with E-state index in [0.717, 1.165) is 50.6 Å². The van der Waals surface area contributed by atoms with Gasteiger partial charge in [0.2, 0.25) is 0 Å². The van der Waals surface area contributed by atoms with Crippen LogP contribution in [0.4, 0.5) is 5.69 Å². The standard InChI is InChI=1S/C16H26N2O2/c1-3-8-20-16-6-4-5-14(11-16)18-13(2)10-15-12-19-9-7-17-15/h4-6,11,13,15,17-18H,3,7-10,12H2,1-2H3. The third-order valence-electron chi connectivity index (χ3n) is 3.36. The van der Waals surface area contributed by atoms with Gasteiger partial charge in [-0.25, -0.2) is 0 Å². The summed E-state index contributed by atoms with van der Waals surface area (Å²) in [5.74, 6) is 0.933. The van der Waals surface area contributed by atoms with E-state index < -0.39 is 0 Å². The van der Waals surface area contributed by atoms with Crippen molar-refractivity contribution in [3.05, 3.63) is 24.3 Å². The Morgan fingerprint density at radius 3 is 3.15 bits per heavy atom. The number of benzene rings is 1. The molecule has 0 spiro atoms. The Kier molecular flexibility index (Phi) is 6.15. The van der Waals surface area contributed by atoms with E-state index in [1.165, 1.54) is 0 Å². The fraction of sp³-hybridized carbons (Fsp3) is 0.625. The first-order valence-electron chi connectivity index (χ1n) is 7.58. The third kappa shape index (κ3) is 5.02. The van der Waals surface area contributed by atoms with E-state index in [-0.39, 0.29) is 0 Å². The van der Waals surface area contributed by atoms with E-state index in [0.29, 0.717) is 12.1 Å². The van der Waals surface area contributed by atoms with Crippen molar-refractivity contribution in [2.75, 3.05) is 31.7 Å². The monoisotopic (exact) mass is 278 g/mol. The molecule has 4 nitrogen and oxygen atoms in total. The Morgan fingerprint density at radius 1 is 1.50 bits per heavy atom.